The van der Waals surface area contributed by atoms with Gasteiger partial charge in [-0.2, -0.15) is 0 Å². The van der Waals surface area contributed by atoms with Gasteiger partial charge in [0.1, 0.15) is 5.76 Å². The molecule has 1 aliphatic carbocycles. The molecule has 5 nitrogen and oxygen atoms in total. The molecule has 1 aliphatic rings. The summed E-state index contributed by atoms with van der Waals surface area (Å²) in [6, 6.07) is 0. The van der Waals surface area contributed by atoms with Gasteiger partial charge in [-0.1, -0.05) is 38.5 Å². The smallest absolute Gasteiger partial charge is 0.214 e. The van der Waals surface area contributed by atoms with E-state index < -0.39 is 0 Å². The molecule has 0 spiro atoms. The fourth-order valence-electron chi connectivity index (χ4n) is 3.06. The molecule has 1 heterocycles. The highest BCUT2D eigenvalue weighted by Gasteiger charge is 2.13. The van der Waals surface area contributed by atoms with E-state index in [2.05, 4.69) is 20.6 Å². The molecule has 0 atom stereocenters. The molecule has 2 rings (SSSR count). The number of rotatable bonds is 7. The summed E-state index contributed by atoms with van der Waals surface area (Å²) < 4.78 is 5.55. The number of oxazole rings is 1. The number of hydrogen-bond donors (Lipinski definition) is 2. The van der Waals surface area contributed by atoms with Crippen LogP contribution in [0.1, 0.15) is 62.3 Å². The lowest BCUT2D eigenvalue weighted by Crippen LogP contribution is -2.37. The second kappa shape index (κ2) is 8.81. The van der Waals surface area contributed by atoms with Crippen molar-refractivity contribution >= 4 is 5.96 Å². The van der Waals surface area contributed by atoms with E-state index in [0.29, 0.717) is 12.4 Å². The molecule has 1 aromatic rings. The summed E-state index contributed by atoms with van der Waals surface area (Å²) in [7, 11) is 1.79. The molecule has 5 heteroatoms. The van der Waals surface area contributed by atoms with Crippen molar-refractivity contribution in [3.63, 3.8) is 0 Å². The van der Waals surface area contributed by atoms with E-state index in [-0.39, 0.29) is 0 Å². The summed E-state index contributed by atoms with van der Waals surface area (Å²) in [5, 5.41) is 6.60. The van der Waals surface area contributed by atoms with E-state index in [1.807, 2.05) is 13.8 Å². The molecule has 22 heavy (non-hydrogen) atoms. The highest BCUT2D eigenvalue weighted by atomic mass is 16.4. The van der Waals surface area contributed by atoms with Crippen LogP contribution in [0.3, 0.4) is 0 Å². The van der Waals surface area contributed by atoms with Crippen molar-refractivity contribution in [2.24, 2.45) is 10.9 Å². The Bertz CT molecular complexity index is 456. The molecule has 124 valence electrons. The number of aromatic nitrogens is 1. The third-order valence-corrected chi connectivity index (χ3v) is 4.51. The third-order valence-electron chi connectivity index (χ3n) is 4.51. The maximum atomic E-state index is 5.55. The molecular weight excluding hydrogens is 276 g/mol. The number of nitrogens with one attached hydrogen (secondary N) is 2. The van der Waals surface area contributed by atoms with Crippen LogP contribution < -0.4 is 10.6 Å². The van der Waals surface area contributed by atoms with Gasteiger partial charge in [-0.25, -0.2) is 4.98 Å². The van der Waals surface area contributed by atoms with Gasteiger partial charge < -0.3 is 15.1 Å². The van der Waals surface area contributed by atoms with Crippen molar-refractivity contribution in [2.75, 3.05) is 13.6 Å². The minimum atomic E-state index is 0.566. The molecule has 1 fully saturated rings. The highest BCUT2D eigenvalue weighted by molar-refractivity contribution is 5.79. The number of unbranched alkanes of at least 4 members (excludes halogenated alkanes) is 1. The number of guanidine groups is 1. The Morgan fingerprint density at radius 3 is 2.64 bits per heavy atom. The maximum Gasteiger partial charge on any atom is 0.214 e. The van der Waals surface area contributed by atoms with Gasteiger partial charge in [-0.3, -0.25) is 4.99 Å². The largest absolute Gasteiger partial charge is 0.444 e. The second-order valence-electron chi connectivity index (χ2n) is 6.25. The zero-order chi connectivity index (χ0) is 15.8. The first-order valence-corrected chi connectivity index (χ1v) is 8.56. The second-order valence-corrected chi connectivity index (χ2v) is 6.25. The lowest BCUT2D eigenvalue weighted by atomic mass is 10.0. The van der Waals surface area contributed by atoms with E-state index >= 15 is 0 Å². The first kappa shape index (κ1) is 16.8. The van der Waals surface area contributed by atoms with Crippen molar-refractivity contribution in [3.8, 4) is 0 Å². The van der Waals surface area contributed by atoms with Gasteiger partial charge in [0.05, 0.1) is 12.2 Å². The number of hydrogen-bond acceptors (Lipinski definition) is 3. The molecule has 0 saturated heterocycles. The van der Waals surface area contributed by atoms with E-state index in [0.717, 1.165) is 29.9 Å². The molecule has 1 saturated carbocycles. The van der Waals surface area contributed by atoms with E-state index in [4.69, 9.17) is 4.42 Å². The highest BCUT2D eigenvalue weighted by Crippen LogP contribution is 2.28. The van der Waals surface area contributed by atoms with Crippen LogP contribution in [-0.2, 0) is 6.54 Å². The Hall–Kier alpha value is -1.52. The fourth-order valence-corrected chi connectivity index (χ4v) is 3.06. The maximum absolute atomic E-state index is 5.55. The zero-order valence-electron chi connectivity index (χ0n) is 14.2. The predicted molar refractivity (Wildman–Crippen MR) is 90.0 cm³/mol. The van der Waals surface area contributed by atoms with Gasteiger partial charge >= 0.3 is 0 Å². The summed E-state index contributed by atoms with van der Waals surface area (Å²) in [6.45, 7) is 5.43. The van der Waals surface area contributed by atoms with Crippen molar-refractivity contribution in [1.29, 1.82) is 0 Å². The zero-order valence-corrected chi connectivity index (χ0v) is 14.2. The molecule has 0 radical (unpaired) electrons. The minimum Gasteiger partial charge on any atom is -0.444 e. The van der Waals surface area contributed by atoms with E-state index in [1.165, 1.54) is 44.9 Å². The molecule has 2 N–H and O–H groups in total. The summed E-state index contributed by atoms with van der Waals surface area (Å²) in [5.41, 5.74) is 0.951. The van der Waals surface area contributed by atoms with Crippen LogP contribution in [0.15, 0.2) is 9.41 Å². The Labute approximate surface area is 134 Å². The van der Waals surface area contributed by atoms with Crippen molar-refractivity contribution in [1.82, 2.24) is 15.6 Å². The van der Waals surface area contributed by atoms with Gasteiger partial charge in [0.15, 0.2) is 5.96 Å². The Morgan fingerprint density at radius 1 is 1.23 bits per heavy atom. The average molecular weight is 306 g/mol. The summed E-state index contributed by atoms with van der Waals surface area (Å²) in [5.74, 6) is 3.40. The van der Waals surface area contributed by atoms with Crippen LogP contribution in [-0.4, -0.2) is 24.5 Å². The monoisotopic (exact) mass is 306 g/mol. The standard InChI is InChI=1S/C17H30N4O/c1-13-14(2)22-16(21-13)12-20-17(18-3)19-11-7-6-10-15-8-4-5-9-15/h15H,4-12H2,1-3H3,(H2,18,19,20). The third kappa shape index (κ3) is 5.35. The Morgan fingerprint density at radius 2 is 2.00 bits per heavy atom. The van der Waals surface area contributed by atoms with Crippen molar-refractivity contribution < 1.29 is 4.42 Å². The topological polar surface area (TPSA) is 62.5 Å². The van der Waals surface area contributed by atoms with Gasteiger partial charge in [0.2, 0.25) is 5.89 Å². The van der Waals surface area contributed by atoms with Gasteiger partial charge in [-0.15, -0.1) is 0 Å². The molecule has 0 aromatic carbocycles. The molecule has 0 amide bonds. The molecule has 0 unspecified atom stereocenters. The van der Waals surface area contributed by atoms with Crippen LogP contribution in [0.5, 0.6) is 0 Å². The lowest BCUT2D eigenvalue weighted by Gasteiger charge is -2.11. The Kier molecular flexibility index (Phi) is 6.74. The van der Waals surface area contributed by atoms with E-state index in [9.17, 15) is 0 Å². The van der Waals surface area contributed by atoms with Crippen LogP contribution in [0.4, 0.5) is 0 Å². The minimum absolute atomic E-state index is 0.566. The average Bonchev–Trinajstić information content (AvgIpc) is 3.12. The van der Waals surface area contributed by atoms with Crippen LogP contribution >= 0.6 is 0 Å². The molecule has 0 aliphatic heterocycles. The summed E-state index contributed by atoms with van der Waals surface area (Å²) >= 11 is 0. The van der Waals surface area contributed by atoms with Crippen LogP contribution in [0, 0.1) is 19.8 Å². The fraction of sp³-hybridized carbons (Fsp3) is 0.765. The molecule has 1 aromatic heterocycles. The van der Waals surface area contributed by atoms with Gasteiger partial charge in [-0.05, 0) is 26.2 Å². The van der Waals surface area contributed by atoms with E-state index in [1.54, 1.807) is 7.05 Å². The normalized spacial score (nSPS) is 16.2. The van der Waals surface area contributed by atoms with Crippen molar-refractivity contribution in [3.05, 3.63) is 17.3 Å². The van der Waals surface area contributed by atoms with Crippen LogP contribution in [0.25, 0.3) is 0 Å². The van der Waals surface area contributed by atoms with Gasteiger partial charge in [0.25, 0.3) is 0 Å². The summed E-state index contributed by atoms with van der Waals surface area (Å²) in [4.78, 5) is 8.59. The predicted octanol–water partition coefficient (Wildman–Crippen LogP) is 3.32. The first-order valence-electron chi connectivity index (χ1n) is 8.56. The first-order chi connectivity index (χ1) is 10.7. The number of aryl methyl sites for hydroxylation is 2. The van der Waals surface area contributed by atoms with Crippen molar-refractivity contribution in [2.45, 2.75) is 65.3 Å². The quantitative estimate of drug-likeness (QED) is 0.461. The lowest BCUT2D eigenvalue weighted by molar-refractivity contribution is 0.462. The van der Waals surface area contributed by atoms with Gasteiger partial charge in [0, 0.05) is 13.6 Å². The Balaban J connectivity index is 1.58. The SMILES string of the molecule is CN=C(NCCCCC1CCCC1)NCc1nc(C)c(C)o1. The number of nitrogens with zero attached hydrogens (tertiary/aromatic N) is 2. The molecular formula is C17H30N4O. The number of aliphatic imine (C=N–C) groups is 1. The molecule has 0 bridgehead atoms. The van der Waals surface area contributed by atoms with Crippen LogP contribution in [0.2, 0.25) is 0 Å². The summed E-state index contributed by atoms with van der Waals surface area (Å²) in [6.07, 6.45) is 9.69.